The number of hydrogen-bond acceptors (Lipinski definition) is 2. The summed E-state index contributed by atoms with van der Waals surface area (Å²) in [4.78, 5) is 0. The van der Waals surface area contributed by atoms with E-state index < -0.39 is 0 Å². The Kier molecular flexibility index (Phi) is 3.07. The van der Waals surface area contributed by atoms with Crippen LogP contribution in [0.4, 0.5) is 0 Å². The van der Waals surface area contributed by atoms with Crippen molar-refractivity contribution in [3.05, 3.63) is 41.5 Å². The van der Waals surface area contributed by atoms with Crippen LogP contribution in [-0.2, 0) is 6.42 Å². The van der Waals surface area contributed by atoms with Crippen LogP contribution in [0.2, 0.25) is 0 Å². The molecular weight excluding hydrogens is 188 g/mol. The molecule has 1 aliphatic carbocycles. The number of hydrogen-bond donors (Lipinski definition) is 2. The molecule has 0 aromatic heterocycles. The first-order valence-corrected chi connectivity index (χ1v) is 5.39. The molecule has 0 aliphatic heterocycles. The van der Waals surface area contributed by atoms with Gasteiger partial charge in [-0.1, -0.05) is 23.8 Å². The predicted octanol–water partition coefficient (Wildman–Crippen LogP) is 2.41. The van der Waals surface area contributed by atoms with E-state index in [-0.39, 0.29) is 6.10 Å². The quantitative estimate of drug-likeness (QED) is 0.726. The lowest BCUT2D eigenvalue weighted by Gasteiger charge is -2.17. The van der Waals surface area contributed by atoms with Crippen LogP contribution in [0.3, 0.4) is 0 Å². The zero-order valence-corrected chi connectivity index (χ0v) is 8.69. The highest BCUT2D eigenvalue weighted by Crippen LogP contribution is 2.22. The number of aliphatic hydroxyl groups is 1. The molecule has 0 saturated carbocycles. The molecule has 2 heteroatoms. The first kappa shape index (κ1) is 10.2. The van der Waals surface area contributed by atoms with Crippen molar-refractivity contribution in [2.24, 2.45) is 0 Å². The molecule has 15 heavy (non-hydrogen) atoms. The number of phenols is 1. The van der Waals surface area contributed by atoms with E-state index in [9.17, 15) is 10.2 Å². The van der Waals surface area contributed by atoms with Crippen LogP contribution >= 0.6 is 0 Å². The smallest absolute Gasteiger partial charge is 0.115 e. The Hall–Kier alpha value is -1.28. The fraction of sp³-hybridized carbons (Fsp3) is 0.385. The van der Waals surface area contributed by atoms with Crippen LogP contribution in [-0.4, -0.2) is 16.3 Å². The fourth-order valence-electron chi connectivity index (χ4n) is 2.05. The van der Waals surface area contributed by atoms with Gasteiger partial charge in [0.15, 0.2) is 0 Å². The fourth-order valence-corrected chi connectivity index (χ4v) is 2.05. The molecule has 0 spiro atoms. The Morgan fingerprint density at radius 2 is 2.20 bits per heavy atom. The molecule has 1 unspecified atom stereocenters. The van der Waals surface area contributed by atoms with Gasteiger partial charge < -0.3 is 10.2 Å². The number of phenolic OH excluding ortho intramolecular Hbond substituents is 1. The highest BCUT2D eigenvalue weighted by atomic mass is 16.3. The van der Waals surface area contributed by atoms with E-state index in [1.807, 2.05) is 18.2 Å². The molecule has 1 atom stereocenters. The summed E-state index contributed by atoms with van der Waals surface area (Å²) in [5.74, 6) is 0.310. The van der Waals surface area contributed by atoms with Crippen molar-refractivity contribution in [1.29, 1.82) is 0 Å². The summed E-state index contributed by atoms with van der Waals surface area (Å²) in [5.41, 5.74) is 2.38. The van der Waals surface area contributed by atoms with Gasteiger partial charge in [-0.05, 0) is 43.4 Å². The molecule has 2 N–H and O–H groups in total. The normalized spacial score (nSPS) is 21.1. The highest BCUT2D eigenvalue weighted by molar-refractivity contribution is 5.30. The average molecular weight is 204 g/mol. The molecule has 1 aromatic rings. The van der Waals surface area contributed by atoms with E-state index in [4.69, 9.17) is 0 Å². The number of rotatable bonds is 2. The molecule has 80 valence electrons. The minimum Gasteiger partial charge on any atom is -0.508 e. The Labute approximate surface area is 89.9 Å². The summed E-state index contributed by atoms with van der Waals surface area (Å²) < 4.78 is 0. The molecule has 0 saturated heterocycles. The summed E-state index contributed by atoms with van der Waals surface area (Å²) in [6, 6.07) is 7.31. The van der Waals surface area contributed by atoms with Crippen LogP contribution in [0.5, 0.6) is 5.75 Å². The van der Waals surface area contributed by atoms with Crippen LogP contribution in [0.15, 0.2) is 35.9 Å². The Balaban J connectivity index is 2.08. The molecule has 2 rings (SSSR count). The van der Waals surface area contributed by atoms with Gasteiger partial charge >= 0.3 is 0 Å². The third-order valence-electron chi connectivity index (χ3n) is 2.77. The van der Waals surface area contributed by atoms with Gasteiger partial charge in [-0.15, -0.1) is 0 Å². The van der Waals surface area contributed by atoms with Crippen molar-refractivity contribution in [3.8, 4) is 5.75 Å². The molecule has 0 bridgehead atoms. The van der Waals surface area contributed by atoms with E-state index in [2.05, 4.69) is 0 Å². The van der Waals surface area contributed by atoms with Gasteiger partial charge in [-0.2, -0.15) is 0 Å². The monoisotopic (exact) mass is 204 g/mol. The van der Waals surface area contributed by atoms with Crippen molar-refractivity contribution >= 4 is 0 Å². The highest BCUT2D eigenvalue weighted by Gasteiger charge is 2.10. The summed E-state index contributed by atoms with van der Waals surface area (Å²) in [5, 5.41) is 18.8. The lowest BCUT2D eigenvalue weighted by Crippen LogP contribution is -2.10. The second kappa shape index (κ2) is 4.49. The SMILES string of the molecule is Oc1cccc(CC2=CC(O)CCC2)c1. The Bertz CT molecular complexity index is 369. The van der Waals surface area contributed by atoms with Crippen LogP contribution in [0, 0.1) is 0 Å². The summed E-state index contributed by atoms with van der Waals surface area (Å²) in [7, 11) is 0. The summed E-state index contributed by atoms with van der Waals surface area (Å²) in [6.45, 7) is 0. The lowest BCUT2D eigenvalue weighted by molar-refractivity contribution is 0.202. The van der Waals surface area contributed by atoms with E-state index in [0.29, 0.717) is 5.75 Å². The van der Waals surface area contributed by atoms with Crippen LogP contribution < -0.4 is 0 Å². The zero-order valence-electron chi connectivity index (χ0n) is 8.69. The number of aromatic hydroxyl groups is 1. The van der Waals surface area contributed by atoms with Gasteiger partial charge in [0.05, 0.1) is 6.10 Å². The van der Waals surface area contributed by atoms with Crippen molar-refractivity contribution in [1.82, 2.24) is 0 Å². The maximum absolute atomic E-state index is 9.49. The van der Waals surface area contributed by atoms with Crippen molar-refractivity contribution < 1.29 is 10.2 Å². The van der Waals surface area contributed by atoms with Crippen molar-refractivity contribution in [2.75, 3.05) is 0 Å². The van der Waals surface area contributed by atoms with Crippen molar-refractivity contribution in [2.45, 2.75) is 31.8 Å². The van der Waals surface area contributed by atoms with Gasteiger partial charge in [-0.25, -0.2) is 0 Å². The topological polar surface area (TPSA) is 40.5 Å². The largest absolute Gasteiger partial charge is 0.508 e. The van der Waals surface area contributed by atoms with E-state index in [0.717, 1.165) is 31.2 Å². The minimum atomic E-state index is -0.272. The molecule has 0 amide bonds. The van der Waals surface area contributed by atoms with Gasteiger partial charge in [-0.3, -0.25) is 0 Å². The molecule has 0 heterocycles. The third kappa shape index (κ3) is 2.83. The third-order valence-corrected chi connectivity index (χ3v) is 2.77. The van der Waals surface area contributed by atoms with Gasteiger partial charge in [0, 0.05) is 0 Å². The molecule has 1 aromatic carbocycles. The van der Waals surface area contributed by atoms with Crippen molar-refractivity contribution in [3.63, 3.8) is 0 Å². The first-order chi connectivity index (χ1) is 7.24. The standard InChI is InChI=1S/C13H16O2/c14-12-5-1-3-10(8-12)7-11-4-2-6-13(15)9-11/h1,3,5,8-9,13-15H,2,4,6-7H2. The molecule has 2 nitrogen and oxygen atoms in total. The first-order valence-electron chi connectivity index (χ1n) is 5.39. The maximum Gasteiger partial charge on any atom is 0.115 e. The molecule has 0 fully saturated rings. The maximum atomic E-state index is 9.49. The van der Waals surface area contributed by atoms with Gasteiger partial charge in [0.1, 0.15) is 5.75 Å². The second-order valence-corrected chi connectivity index (χ2v) is 4.13. The number of benzene rings is 1. The number of aliphatic hydroxyl groups excluding tert-OH is 1. The second-order valence-electron chi connectivity index (χ2n) is 4.13. The van der Waals surface area contributed by atoms with Gasteiger partial charge in [0.2, 0.25) is 0 Å². The van der Waals surface area contributed by atoms with Crippen LogP contribution in [0.25, 0.3) is 0 Å². The predicted molar refractivity (Wildman–Crippen MR) is 59.8 cm³/mol. The summed E-state index contributed by atoms with van der Waals surface area (Å²) >= 11 is 0. The zero-order chi connectivity index (χ0) is 10.7. The van der Waals surface area contributed by atoms with Gasteiger partial charge in [0.25, 0.3) is 0 Å². The molecule has 0 radical (unpaired) electrons. The lowest BCUT2D eigenvalue weighted by atomic mass is 9.93. The molecule has 1 aliphatic rings. The minimum absolute atomic E-state index is 0.272. The van der Waals surface area contributed by atoms with Crippen LogP contribution in [0.1, 0.15) is 24.8 Å². The van der Waals surface area contributed by atoms with E-state index >= 15 is 0 Å². The average Bonchev–Trinajstić information content (AvgIpc) is 2.17. The summed E-state index contributed by atoms with van der Waals surface area (Å²) in [6.07, 6.45) is 5.52. The van der Waals surface area contributed by atoms with E-state index in [1.165, 1.54) is 5.57 Å². The van der Waals surface area contributed by atoms with E-state index in [1.54, 1.807) is 12.1 Å². The number of allylic oxidation sites excluding steroid dienone is 1. The Morgan fingerprint density at radius 3 is 2.93 bits per heavy atom. The molecular formula is C13H16O2. The Morgan fingerprint density at radius 1 is 1.33 bits per heavy atom.